The van der Waals surface area contributed by atoms with Crippen LogP contribution in [0.4, 0.5) is 0 Å². The minimum atomic E-state index is 0.103. The topological polar surface area (TPSA) is 41.1 Å². The third kappa shape index (κ3) is 1.19. The second-order valence-corrected chi connectivity index (χ2v) is 2.78. The number of hydrogen-bond donors (Lipinski definition) is 2. The normalized spacial score (nSPS) is 30.4. The van der Waals surface area contributed by atoms with Crippen LogP contribution in [0.3, 0.4) is 0 Å². The van der Waals surface area contributed by atoms with Crippen LogP contribution < -0.4 is 10.6 Å². The van der Waals surface area contributed by atoms with Gasteiger partial charge in [-0.25, -0.2) is 0 Å². The first-order valence-corrected chi connectivity index (χ1v) is 3.31. The summed E-state index contributed by atoms with van der Waals surface area (Å²) in [7, 11) is 1.91. The summed E-state index contributed by atoms with van der Waals surface area (Å²) >= 11 is 0. The first-order chi connectivity index (χ1) is 4.70. The van der Waals surface area contributed by atoms with E-state index in [9.17, 15) is 4.79 Å². The Balaban J connectivity index is 2.45. The van der Waals surface area contributed by atoms with E-state index >= 15 is 0 Å². The molecule has 0 aromatic rings. The molecule has 0 aromatic heterocycles. The van der Waals surface area contributed by atoms with Crippen LogP contribution in [0.25, 0.3) is 0 Å². The van der Waals surface area contributed by atoms with Crippen molar-refractivity contribution in [2.24, 2.45) is 0 Å². The maximum absolute atomic E-state index is 9.94. The highest BCUT2D eigenvalue weighted by Gasteiger charge is 2.29. The molecule has 1 atom stereocenters. The van der Waals surface area contributed by atoms with E-state index in [4.69, 9.17) is 0 Å². The fourth-order valence-corrected chi connectivity index (χ4v) is 1.08. The highest BCUT2D eigenvalue weighted by Crippen LogP contribution is 2.26. The summed E-state index contributed by atoms with van der Waals surface area (Å²) in [4.78, 5) is 9.94. The average molecular weight is 140 g/mol. The molecule has 0 fully saturated rings. The molecule has 0 spiro atoms. The molecule has 1 rings (SSSR count). The fraction of sp³-hybridized carbons (Fsp3) is 0.571. The summed E-state index contributed by atoms with van der Waals surface area (Å²) in [6.45, 7) is 2.09. The van der Waals surface area contributed by atoms with E-state index in [1.165, 1.54) is 0 Å². The van der Waals surface area contributed by atoms with Crippen molar-refractivity contribution in [1.82, 2.24) is 10.6 Å². The van der Waals surface area contributed by atoms with E-state index in [1.807, 2.05) is 13.1 Å². The molecule has 0 aliphatic heterocycles. The maximum atomic E-state index is 9.94. The molecule has 56 valence electrons. The fourth-order valence-electron chi connectivity index (χ4n) is 1.08. The minimum absolute atomic E-state index is 0.103. The van der Waals surface area contributed by atoms with Crippen molar-refractivity contribution in [3.63, 3.8) is 0 Å². The molecule has 0 saturated heterocycles. The molecule has 3 heteroatoms. The molecule has 1 unspecified atom stereocenters. The van der Waals surface area contributed by atoms with E-state index in [-0.39, 0.29) is 5.54 Å². The van der Waals surface area contributed by atoms with Gasteiger partial charge in [0.25, 0.3) is 0 Å². The van der Waals surface area contributed by atoms with Crippen molar-refractivity contribution in [1.29, 1.82) is 0 Å². The van der Waals surface area contributed by atoms with Gasteiger partial charge in [-0.05, 0) is 20.0 Å². The highest BCUT2D eigenvalue weighted by atomic mass is 16.1. The third-order valence-corrected chi connectivity index (χ3v) is 1.87. The second kappa shape index (κ2) is 2.42. The predicted octanol–water partition coefficient (Wildman–Crippen LogP) is -0.00190. The smallest absolute Gasteiger partial charge is 0.211 e. The molecule has 0 bridgehead atoms. The van der Waals surface area contributed by atoms with Gasteiger partial charge in [0.2, 0.25) is 6.41 Å². The minimum Gasteiger partial charge on any atom is -0.333 e. The second-order valence-electron chi connectivity index (χ2n) is 2.78. The molecular weight excluding hydrogens is 128 g/mol. The lowest BCUT2D eigenvalue weighted by molar-refractivity contribution is -0.109. The van der Waals surface area contributed by atoms with Gasteiger partial charge in [-0.1, -0.05) is 0 Å². The van der Waals surface area contributed by atoms with Crippen LogP contribution in [0.1, 0.15) is 13.3 Å². The summed E-state index contributed by atoms with van der Waals surface area (Å²) in [5.41, 5.74) is 1.11. The van der Waals surface area contributed by atoms with Gasteiger partial charge in [0, 0.05) is 17.7 Å². The van der Waals surface area contributed by atoms with E-state index in [0.29, 0.717) is 6.41 Å². The van der Waals surface area contributed by atoms with Crippen LogP contribution in [0.2, 0.25) is 0 Å². The summed E-state index contributed by atoms with van der Waals surface area (Å²) in [6, 6.07) is 0. The first-order valence-electron chi connectivity index (χ1n) is 3.31. The largest absolute Gasteiger partial charge is 0.333 e. The molecule has 1 aliphatic carbocycles. The number of rotatable bonds is 3. The molecule has 0 saturated carbocycles. The lowest BCUT2D eigenvalue weighted by atomic mass is 9.84. The summed E-state index contributed by atoms with van der Waals surface area (Å²) in [6.07, 6.45) is 3.63. The van der Waals surface area contributed by atoms with Gasteiger partial charge in [0.1, 0.15) is 0 Å². The van der Waals surface area contributed by atoms with E-state index < -0.39 is 0 Å². The van der Waals surface area contributed by atoms with Gasteiger partial charge < -0.3 is 10.6 Å². The zero-order chi connectivity index (χ0) is 7.61. The van der Waals surface area contributed by atoms with E-state index in [0.717, 1.165) is 12.1 Å². The lowest BCUT2D eigenvalue weighted by Gasteiger charge is -2.35. The summed E-state index contributed by atoms with van der Waals surface area (Å²) < 4.78 is 0. The molecule has 3 nitrogen and oxygen atoms in total. The molecule has 2 N–H and O–H groups in total. The zero-order valence-electron chi connectivity index (χ0n) is 6.27. The van der Waals surface area contributed by atoms with Gasteiger partial charge in [-0.15, -0.1) is 0 Å². The van der Waals surface area contributed by atoms with Gasteiger partial charge >= 0.3 is 0 Å². The van der Waals surface area contributed by atoms with Gasteiger partial charge in [0.05, 0.1) is 0 Å². The standard InChI is InChI=1S/C7H12N2O/c1-7(8-2)3-6(4-7)9-5-10/h3,5,8H,4H2,1-2H3,(H,9,10). The van der Waals surface area contributed by atoms with Crippen molar-refractivity contribution < 1.29 is 4.79 Å². The molecule has 0 radical (unpaired) electrons. The van der Waals surface area contributed by atoms with Crippen molar-refractivity contribution in [2.45, 2.75) is 18.9 Å². The Morgan fingerprint density at radius 2 is 2.40 bits per heavy atom. The summed E-state index contributed by atoms with van der Waals surface area (Å²) in [5, 5.41) is 5.75. The number of hydrogen-bond acceptors (Lipinski definition) is 2. The van der Waals surface area contributed by atoms with E-state index in [2.05, 4.69) is 17.6 Å². The van der Waals surface area contributed by atoms with Crippen molar-refractivity contribution in [2.75, 3.05) is 7.05 Å². The SMILES string of the molecule is CNC1(C)C=C(NC=O)C1. The highest BCUT2D eigenvalue weighted by molar-refractivity contribution is 5.52. The van der Waals surface area contributed by atoms with Crippen molar-refractivity contribution >= 4 is 6.41 Å². The molecule has 10 heavy (non-hydrogen) atoms. The first kappa shape index (κ1) is 7.28. The zero-order valence-corrected chi connectivity index (χ0v) is 6.27. The van der Waals surface area contributed by atoms with Crippen LogP contribution in [0, 0.1) is 0 Å². The van der Waals surface area contributed by atoms with Gasteiger partial charge in [-0.2, -0.15) is 0 Å². The Morgan fingerprint density at radius 3 is 2.80 bits per heavy atom. The average Bonchev–Trinajstić information content (AvgIpc) is 1.85. The number of likely N-dealkylation sites (N-methyl/N-ethyl adjacent to an activating group) is 1. The Hall–Kier alpha value is -0.830. The maximum Gasteiger partial charge on any atom is 0.211 e. The lowest BCUT2D eigenvalue weighted by Crippen LogP contribution is -2.46. The van der Waals surface area contributed by atoms with Gasteiger partial charge in [-0.3, -0.25) is 4.79 Å². The number of amides is 1. The molecule has 1 aliphatic rings. The Bertz CT molecular complexity index is 176. The van der Waals surface area contributed by atoms with Crippen molar-refractivity contribution in [3.05, 3.63) is 11.8 Å². The van der Waals surface area contributed by atoms with Crippen molar-refractivity contribution in [3.8, 4) is 0 Å². The predicted molar refractivity (Wildman–Crippen MR) is 39.4 cm³/mol. The molecule has 0 aromatic carbocycles. The van der Waals surface area contributed by atoms with Crippen LogP contribution in [-0.2, 0) is 4.79 Å². The molecule has 1 amide bonds. The number of carbonyl (C=O) groups excluding carboxylic acids is 1. The quantitative estimate of drug-likeness (QED) is 0.542. The van der Waals surface area contributed by atoms with Crippen LogP contribution >= 0.6 is 0 Å². The number of carbonyl (C=O) groups is 1. The van der Waals surface area contributed by atoms with Gasteiger partial charge in [0.15, 0.2) is 0 Å². The Labute approximate surface area is 60.5 Å². The Kier molecular flexibility index (Phi) is 1.76. The van der Waals surface area contributed by atoms with E-state index in [1.54, 1.807) is 0 Å². The number of nitrogens with one attached hydrogen (secondary N) is 2. The molecule has 0 heterocycles. The summed E-state index contributed by atoms with van der Waals surface area (Å²) in [5.74, 6) is 0. The third-order valence-electron chi connectivity index (χ3n) is 1.87. The Morgan fingerprint density at radius 1 is 1.80 bits per heavy atom. The van der Waals surface area contributed by atoms with Crippen LogP contribution in [-0.4, -0.2) is 19.0 Å². The van der Waals surface area contributed by atoms with Crippen LogP contribution in [0.15, 0.2) is 11.8 Å². The molecular formula is C7H12N2O. The monoisotopic (exact) mass is 140 g/mol. The van der Waals surface area contributed by atoms with Crippen LogP contribution in [0.5, 0.6) is 0 Å².